The largest absolute Gasteiger partial charge is 0.348 e. The van der Waals surface area contributed by atoms with Gasteiger partial charge in [0.2, 0.25) is 5.91 Å². The molecule has 0 bridgehead atoms. The normalized spacial score (nSPS) is 12.9. The maximum absolute atomic E-state index is 12.4. The van der Waals surface area contributed by atoms with Crippen molar-refractivity contribution in [3.8, 4) is 5.69 Å². The predicted octanol–water partition coefficient (Wildman–Crippen LogP) is 1.83. The first-order valence-corrected chi connectivity index (χ1v) is 10.4. The molecule has 2 aromatic heterocycles. The highest BCUT2D eigenvalue weighted by molar-refractivity contribution is 7.91. The lowest BCUT2D eigenvalue weighted by Crippen LogP contribution is -2.39. The molecule has 0 aliphatic carbocycles. The van der Waals surface area contributed by atoms with Gasteiger partial charge in [-0.3, -0.25) is 4.79 Å². The molecule has 0 spiro atoms. The third kappa shape index (κ3) is 4.41. The van der Waals surface area contributed by atoms with Crippen LogP contribution in [-0.2, 0) is 14.8 Å². The highest BCUT2D eigenvalue weighted by Crippen LogP contribution is 2.20. The summed E-state index contributed by atoms with van der Waals surface area (Å²) in [5.41, 5.74) is 1.76. The second-order valence-electron chi connectivity index (χ2n) is 5.91. The summed E-state index contributed by atoms with van der Waals surface area (Å²) >= 11 is 1.12. The van der Waals surface area contributed by atoms with Crippen LogP contribution in [0.4, 0.5) is 0 Å². The van der Waals surface area contributed by atoms with E-state index in [0.29, 0.717) is 0 Å². The number of sulfonamides is 1. The van der Waals surface area contributed by atoms with Crippen molar-refractivity contribution in [1.82, 2.24) is 24.4 Å². The number of likely N-dealkylation sites (N-methyl/N-ethyl adjacent to an activating group) is 1. The van der Waals surface area contributed by atoms with E-state index >= 15 is 0 Å². The molecular formula is C17H19N5O3S2. The van der Waals surface area contributed by atoms with Gasteiger partial charge in [0.1, 0.15) is 16.9 Å². The van der Waals surface area contributed by atoms with Crippen molar-refractivity contribution in [2.45, 2.75) is 17.2 Å². The highest BCUT2D eigenvalue weighted by atomic mass is 32.2. The Labute approximate surface area is 161 Å². The van der Waals surface area contributed by atoms with Gasteiger partial charge in [0.05, 0.1) is 18.3 Å². The van der Waals surface area contributed by atoms with E-state index in [0.717, 1.165) is 26.9 Å². The van der Waals surface area contributed by atoms with Gasteiger partial charge in [-0.25, -0.2) is 18.1 Å². The van der Waals surface area contributed by atoms with Gasteiger partial charge in [-0.15, -0.1) is 11.3 Å². The van der Waals surface area contributed by atoms with E-state index in [1.165, 1.54) is 19.4 Å². The third-order valence-corrected chi connectivity index (χ3v) is 7.16. The number of nitrogens with zero attached hydrogens (tertiary/aromatic N) is 4. The molecule has 1 unspecified atom stereocenters. The van der Waals surface area contributed by atoms with E-state index in [4.69, 9.17) is 0 Å². The Balaban J connectivity index is 1.60. The molecule has 2 heterocycles. The molecule has 1 amide bonds. The lowest BCUT2D eigenvalue weighted by molar-refractivity contribution is -0.121. The van der Waals surface area contributed by atoms with Gasteiger partial charge in [0, 0.05) is 7.05 Å². The average molecular weight is 406 g/mol. The van der Waals surface area contributed by atoms with Gasteiger partial charge >= 0.3 is 0 Å². The number of rotatable bonds is 7. The smallest absolute Gasteiger partial charge is 0.252 e. The van der Waals surface area contributed by atoms with Crippen molar-refractivity contribution in [2.75, 3.05) is 13.6 Å². The highest BCUT2D eigenvalue weighted by Gasteiger charge is 2.24. The molecule has 3 rings (SSSR count). The Kier molecular flexibility index (Phi) is 5.68. The molecule has 142 valence electrons. The fraction of sp³-hybridized carbons (Fsp3) is 0.235. The molecule has 1 aromatic carbocycles. The van der Waals surface area contributed by atoms with E-state index in [9.17, 15) is 13.2 Å². The lowest BCUT2D eigenvalue weighted by atomic mass is 10.1. The molecule has 8 nitrogen and oxygen atoms in total. The Morgan fingerprint density at radius 3 is 2.63 bits per heavy atom. The minimum absolute atomic E-state index is 0.217. The number of aromatic nitrogens is 3. The van der Waals surface area contributed by atoms with Crippen LogP contribution >= 0.6 is 11.3 Å². The van der Waals surface area contributed by atoms with Crippen LogP contribution in [0.3, 0.4) is 0 Å². The van der Waals surface area contributed by atoms with Crippen LogP contribution in [0.1, 0.15) is 18.5 Å². The number of carbonyl (C=O) groups excluding carboxylic acids is 1. The Hall–Kier alpha value is -2.56. The molecular weight excluding hydrogens is 386 g/mol. The first-order chi connectivity index (χ1) is 12.9. The molecule has 0 saturated carbocycles. The molecule has 3 aromatic rings. The van der Waals surface area contributed by atoms with Crippen molar-refractivity contribution in [3.05, 3.63) is 60.0 Å². The van der Waals surface area contributed by atoms with Crippen LogP contribution in [0.2, 0.25) is 0 Å². The number of amides is 1. The minimum atomic E-state index is -3.65. The Bertz CT molecular complexity index is 984. The molecule has 0 saturated heterocycles. The summed E-state index contributed by atoms with van der Waals surface area (Å²) < 4.78 is 27.7. The number of hydrogen-bond donors (Lipinski definition) is 1. The fourth-order valence-corrected chi connectivity index (χ4v) is 4.81. The van der Waals surface area contributed by atoms with E-state index in [1.807, 2.05) is 31.2 Å². The second kappa shape index (κ2) is 7.99. The van der Waals surface area contributed by atoms with Crippen LogP contribution in [-0.4, -0.2) is 47.0 Å². The van der Waals surface area contributed by atoms with Crippen molar-refractivity contribution in [2.24, 2.45) is 0 Å². The van der Waals surface area contributed by atoms with E-state index in [2.05, 4.69) is 15.4 Å². The molecule has 0 aliphatic rings. The van der Waals surface area contributed by atoms with Crippen LogP contribution in [0, 0.1) is 0 Å². The van der Waals surface area contributed by atoms with E-state index < -0.39 is 10.0 Å². The Morgan fingerprint density at radius 2 is 2.04 bits per heavy atom. The van der Waals surface area contributed by atoms with E-state index in [-0.39, 0.29) is 22.7 Å². The lowest BCUT2D eigenvalue weighted by Gasteiger charge is -2.19. The van der Waals surface area contributed by atoms with Gasteiger partial charge in [-0.2, -0.15) is 9.40 Å². The van der Waals surface area contributed by atoms with E-state index in [1.54, 1.807) is 22.5 Å². The van der Waals surface area contributed by atoms with Gasteiger partial charge in [0.15, 0.2) is 0 Å². The zero-order valence-corrected chi connectivity index (χ0v) is 16.4. The number of hydrogen-bond acceptors (Lipinski definition) is 6. The molecule has 1 N–H and O–H groups in total. The maximum atomic E-state index is 12.4. The van der Waals surface area contributed by atoms with Gasteiger partial charge < -0.3 is 5.32 Å². The topological polar surface area (TPSA) is 97.2 Å². The average Bonchev–Trinajstić information content (AvgIpc) is 3.35. The van der Waals surface area contributed by atoms with Crippen molar-refractivity contribution < 1.29 is 13.2 Å². The Morgan fingerprint density at radius 1 is 1.30 bits per heavy atom. The third-order valence-electron chi connectivity index (χ3n) is 3.98. The maximum Gasteiger partial charge on any atom is 0.252 e. The SMILES string of the molecule is CC(NC(=O)CN(C)S(=O)(=O)c1cccs1)c1ccc(-n2cncn2)cc1. The summed E-state index contributed by atoms with van der Waals surface area (Å²) in [5, 5.41) is 8.57. The number of benzene rings is 1. The molecule has 27 heavy (non-hydrogen) atoms. The predicted molar refractivity (Wildman–Crippen MR) is 102 cm³/mol. The van der Waals surface area contributed by atoms with Crippen LogP contribution in [0.15, 0.2) is 58.6 Å². The van der Waals surface area contributed by atoms with Crippen LogP contribution in [0.5, 0.6) is 0 Å². The molecule has 1 atom stereocenters. The first-order valence-electron chi connectivity index (χ1n) is 8.12. The summed E-state index contributed by atoms with van der Waals surface area (Å²) in [6.45, 7) is 1.59. The molecule has 0 aliphatic heterocycles. The zero-order valence-electron chi connectivity index (χ0n) is 14.8. The van der Waals surface area contributed by atoms with Gasteiger partial charge in [-0.05, 0) is 36.1 Å². The monoisotopic (exact) mass is 405 g/mol. The van der Waals surface area contributed by atoms with Crippen LogP contribution in [0.25, 0.3) is 5.69 Å². The van der Waals surface area contributed by atoms with Crippen molar-refractivity contribution in [3.63, 3.8) is 0 Å². The van der Waals surface area contributed by atoms with Crippen molar-refractivity contribution >= 4 is 27.3 Å². The number of nitrogens with one attached hydrogen (secondary N) is 1. The summed E-state index contributed by atoms with van der Waals surface area (Å²) in [4.78, 5) is 16.2. The number of carbonyl (C=O) groups is 1. The zero-order chi connectivity index (χ0) is 19.4. The van der Waals surface area contributed by atoms with Crippen LogP contribution < -0.4 is 5.32 Å². The molecule has 10 heteroatoms. The summed E-state index contributed by atoms with van der Waals surface area (Å²) in [6, 6.07) is 10.4. The van der Waals surface area contributed by atoms with Crippen molar-refractivity contribution in [1.29, 1.82) is 0 Å². The summed E-state index contributed by atoms with van der Waals surface area (Å²) in [7, 11) is -2.25. The molecule has 0 fully saturated rings. The van der Waals surface area contributed by atoms with Gasteiger partial charge in [-0.1, -0.05) is 18.2 Å². The molecule has 0 radical (unpaired) electrons. The number of thiophene rings is 1. The second-order valence-corrected chi connectivity index (χ2v) is 9.13. The first kappa shape index (κ1) is 19.2. The fourth-order valence-electron chi connectivity index (χ4n) is 2.48. The minimum Gasteiger partial charge on any atom is -0.348 e. The summed E-state index contributed by atoms with van der Waals surface area (Å²) in [5.74, 6) is -0.370. The standard InChI is InChI=1S/C17H19N5O3S2/c1-13(14-5-7-15(8-6-14)22-12-18-11-19-22)20-16(23)10-21(2)27(24,25)17-4-3-9-26-17/h3-9,11-13H,10H2,1-2H3,(H,20,23). The summed E-state index contributed by atoms with van der Waals surface area (Å²) in [6.07, 6.45) is 3.06. The quantitative estimate of drug-likeness (QED) is 0.647. The van der Waals surface area contributed by atoms with Gasteiger partial charge in [0.25, 0.3) is 10.0 Å².